The molecule has 1 heterocycles. The van der Waals surface area contributed by atoms with Gasteiger partial charge in [0.15, 0.2) is 0 Å². The molecule has 0 saturated heterocycles. The normalized spacial score (nSPS) is 32.3. The lowest BCUT2D eigenvalue weighted by atomic mass is 10.3. The van der Waals surface area contributed by atoms with Gasteiger partial charge in [0, 0.05) is 0 Å². The Hall–Kier alpha value is -0.690. The van der Waals surface area contributed by atoms with E-state index in [0.717, 1.165) is 5.69 Å². The van der Waals surface area contributed by atoms with E-state index in [2.05, 4.69) is 9.24 Å². The zero-order chi connectivity index (χ0) is 9.31. The minimum absolute atomic E-state index is 0.0394. The van der Waals surface area contributed by atoms with Crippen molar-refractivity contribution < 1.29 is 0 Å². The molecule has 3 heteroatoms. The van der Waals surface area contributed by atoms with E-state index in [0.29, 0.717) is 6.54 Å². The van der Waals surface area contributed by atoms with Crippen molar-refractivity contribution in [1.29, 1.82) is 0 Å². The summed E-state index contributed by atoms with van der Waals surface area (Å²) in [6.45, 7) is 0.540. The number of benzene rings is 1. The van der Waals surface area contributed by atoms with Gasteiger partial charge in [-0.05, 0) is 24.3 Å². The first-order valence-electron chi connectivity index (χ1n) is 4.30. The number of quaternary nitrogens is 1. The molecule has 1 aromatic rings. The van der Waals surface area contributed by atoms with Gasteiger partial charge in [0.2, 0.25) is 0 Å². The molecule has 0 fully saturated rings. The van der Waals surface area contributed by atoms with Crippen molar-refractivity contribution in [3.05, 3.63) is 47.7 Å². The second-order valence-corrected chi connectivity index (χ2v) is 3.92. The van der Waals surface area contributed by atoms with E-state index in [1.54, 1.807) is 0 Å². The number of rotatable bonds is 1. The summed E-state index contributed by atoms with van der Waals surface area (Å²) in [5.74, 6) is -0.0394. The van der Waals surface area contributed by atoms with Gasteiger partial charge in [-0.25, -0.2) is 0 Å². The molecule has 0 spiro atoms. The van der Waals surface area contributed by atoms with Crippen LogP contribution in [0, 0.1) is 5.21 Å². The third-order valence-electron chi connectivity index (χ3n) is 2.38. The van der Waals surface area contributed by atoms with Crippen molar-refractivity contribution in [2.24, 2.45) is 0 Å². The highest BCUT2D eigenvalue weighted by Gasteiger charge is 2.28. The lowest BCUT2D eigenvalue weighted by molar-refractivity contribution is 0.446. The molecule has 0 N–H and O–H groups in total. The summed E-state index contributed by atoms with van der Waals surface area (Å²) in [7, 11) is 2.59. The predicted molar refractivity (Wildman–Crippen MR) is 59.1 cm³/mol. The van der Waals surface area contributed by atoms with Crippen molar-refractivity contribution in [2.45, 2.75) is 5.78 Å². The molecule has 68 valence electrons. The van der Waals surface area contributed by atoms with Gasteiger partial charge >= 0.3 is 0 Å². The first-order chi connectivity index (χ1) is 6.23. The summed E-state index contributed by atoms with van der Waals surface area (Å²) >= 11 is 0. The second-order valence-electron chi connectivity index (χ2n) is 3.23. The summed E-state index contributed by atoms with van der Waals surface area (Å²) in [5.41, 5.74) is 0.826. The maximum Gasteiger partial charge on any atom is 0.133 e. The van der Waals surface area contributed by atoms with E-state index in [4.69, 9.17) is 0 Å². The predicted octanol–water partition coefficient (Wildman–Crippen LogP) is 2.26. The Bertz CT molecular complexity index is 325. The van der Waals surface area contributed by atoms with Crippen LogP contribution in [0.15, 0.2) is 42.5 Å². The van der Waals surface area contributed by atoms with Gasteiger partial charge in [0.25, 0.3) is 0 Å². The van der Waals surface area contributed by atoms with Crippen LogP contribution in [0.5, 0.6) is 0 Å². The summed E-state index contributed by atoms with van der Waals surface area (Å²) in [4.78, 5) is 0. The molecule has 13 heavy (non-hydrogen) atoms. The highest BCUT2D eigenvalue weighted by atomic mass is 31.0. The molecule has 3 atom stereocenters. The standard InChI is InChI=1S/C10H12NOP/c12-11(8-4-7-10(11)13)9-5-2-1-3-6-9/h1-7,10H,8,13H2. The van der Waals surface area contributed by atoms with Gasteiger partial charge in [-0.2, -0.15) is 0 Å². The Morgan fingerprint density at radius 1 is 1.31 bits per heavy atom. The average molecular weight is 193 g/mol. The van der Waals surface area contributed by atoms with E-state index in [-0.39, 0.29) is 10.4 Å². The maximum atomic E-state index is 12.3. The number of hydroxylamine groups is 2. The van der Waals surface area contributed by atoms with Crippen LogP contribution in [0.4, 0.5) is 5.69 Å². The quantitative estimate of drug-likeness (QED) is 0.290. The molecule has 0 aliphatic carbocycles. The third-order valence-corrected chi connectivity index (χ3v) is 3.09. The van der Waals surface area contributed by atoms with E-state index in [1.807, 2.05) is 42.5 Å². The number of hydrogen-bond acceptors (Lipinski definition) is 1. The van der Waals surface area contributed by atoms with Crippen molar-refractivity contribution in [3.63, 3.8) is 0 Å². The molecular weight excluding hydrogens is 181 g/mol. The van der Waals surface area contributed by atoms with Gasteiger partial charge < -0.3 is 9.85 Å². The third kappa shape index (κ3) is 1.42. The molecule has 1 aliphatic rings. The Balaban J connectivity index is 2.36. The summed E-state index contributed by atoms with van der Waals surface area (Å²) in [6, 6.07) is 9.51. The van der Waals surface area contributed by atoms with Crippen LogP contribution >= 0.6 is 9.24 Å². The Kier molecular flexibility index (Phi) is 2.20. The van der Waals surface area contributed by atoms with Crippen molar-refractivity contribution >= 4 is 14.9 Å². The summed E-state index contributed by atoms with van der Waals surface area (Å²) in [6.07, 6.45) is 3.89. The fourth-order valence-corrected chi connectivity index (χ4v) is 2.03. The first kappa shape index (κ1) is 8.89. The Morgan fingerprint density at radius 3 is 2.54 bits per heavy atom. The van der Waals surface area contributed by atoms with Crippen LogP contribution in [0.3, 0.4) is 0 Å². The zero-order valence-electron chi connectivity index (χ0n) is 7.26. The number of hydrogen-bond donors (Lipinski definition) is 0. The monoisotopic (exact) mass is 193 g/mol. The van der Waals surface area contributed by atoms with E-state index in [9.17, 15) is 5.21 Å². The largest absolute Gasteiger partial charge is 0.626 e. The van der Waals surface area contributed by atoms with Gasteiger partial charge in [0.05, 0.1) is 0 Å². The van der Waals surface area contributed by atoms with Crippen molar-refractivity contribution in [1.82, 2.24) is 4.65 Å². The first-order valence-corrected chi connectivity index (χ1v) is 4.97. The molecule has 3 unspecified atom stereocenters. The van der Waals surface area contributed by atoms with Crippen LogP contribution in [0.25, 0.3) is 0 Å². The topological polar surface area (TPSA) is 23.1 Å². The smallest absolute Gasteiger partial charge is 0.133 e. The Labute approximate surface area is 80.2 Å². The van der Waals surface area contributed by atoms with E-state index >= 15 is 0 Å². The van der Waals surface area contributed by atoms with Crippen molar-refractivity contribution in [2.75, 3.05) is 6.54 Å². The molecule has 2 nitrogen and oxygen atoms in total. The number of para-hydroxylation sites is 1. The molecule has 0 amide bonds. The van der Waals surface area contributed by atoms with Gasteiger partial charge in [0.1, 0.15) is 18.0 Å². The maximum absolute atomic E-state index is 12.3. The van der Waals surface area contributed by atoms with Crippen LogP contribution in [-0.4, -0.2) is 12.3 Å². The van der Waals surface area contributed by atoms with Crippen LogP contribution < -0.4 is 4.65 Å². The molecule has 0 aromatic heterocycles. The fraction of sp³-hybridized carbons (Fsp3) is 0.200. The Morgan fingerprint density at radius 2 is 2.00 bits per heavy atom. The molecule has 1 aliphatic heterocycles. The average Bonchev–Trinajstić information content (AvgIpc) is 2.50. The van der Waals surface area contributed by atoms with Gasteiger partial charge in [-0.15, -0.1) is 0 Å². The van der Waals surface area contributed by atoms with Crippen LogP contribution in [0.1, 0.15) is 0 Å². The molecule has 0 saturated carbocycles. The minimum Gasteiger partial charge on any atom is -0.626 e. The highest BCUT2D eigenvalue weighted by Crippen LogP contribution is 2.32. The minimum atomic E-state index is -0.272. The highest BCUT2D eigenvalue weighted by molar-refractivity contribution is 7.18. The van der Waals surface area contributed by atoms with Crippen LogP contribution in [0.2, 0.25) is 0 Å². The molecule has 0 radical (unpaired) electrons. The molecular formula is C10H12NOP. The summed E-state index contributed by atoms with van der Waals surface area (Å²) < 4.78 is -0.272. The number of nitrogens with zero attached hydrogens (tertiary/aromatic N) is 1. The van der Waals surface area contributed by atoms with E-state index in [1.165, 1.54) is 0 Å². The lowest BCUT2D eigenvalue weighted by Gasteiger charge is -2.42. The van der Waals surface area contributed by atoms with Crippen LogP contribution in [-0.2, 0) is 0 Å². The second kappa shape index (κ2) is 3.22. The SMILES string of the molecule is [O-][N+]1(c2ccccc2)CC=CC1P. The van der Waals surface area contributed by atoms with E-state index < -0.39 is 0 Å². The van der Waals surface area contributed by atoms with Gasteiger partial charge in [-0.3, -0.25) is 0 Å². The lowest BCUT2D eigenvalue weighted by Crippen LogP contribution is -2.44. The fourth-order valence-electron chi connectivity index (χ4n) is 1.58. The summed E-state index contributed by atoms with van der Waals surface area (Å²) in [5, 5.41) is 12.3. The van der Waals surface area contributed by atoms with Gasteiger partial charge in [-0.1, -0.05) is 27.4 Å². The molecule has 2 rings (SSSR count). The molecule has 1 aromatic carbocycles. The van der Waals surface area contributed by atoms with Crippen molar-refractivity contribution in [3.8, 4) is 0 Å². The zero-order valence-corrected chi connectivity index (χ0v) is 8.41. The molecule has 0 bridgehead atoms.